The number of aromatic nitrogens is 2. The second-order valence-corrected chi connectivity index (χ2v) is 12.7. The molecule has 5 heterocycles. The highest BCUT2D eigenvalue weighted by molar-refractivity contribution is 7.91. The van der Waals surface area contributed by atoms with Crippen molar-refractivity contribution in [3.63, 3.8) is 0 Å². The lowest BCUT2D eigenvalue weighted by molar-refractivity contribution is -0.125. The average Bonchev–Trinajstić information content (AvgIpc) is 3.24. The van der Waals surface area contributed by atoms with Gasteiger partial charge in [-0.25, -0.2) is 18.4 Å². The number of nitrogens with one attached hydrogen (secondary N) is 1. The number of rotatable bonds is 4. The van der Waals surface area contributed by atoms with Crippen molar-refractivity contribution in [2.75, 3.05) is 61.0 Å². The molecule has 3 fully saturated rings. The van der Waals surface area contributed by atoms with Gasteiger partial charge < -0.3 is 19.9 Å². The third kappa shape index (κ3) is 4.54. The highest BCUT2D eigenvalue weighted by atomic mass is 32.2. The van der Waals surface area contributed by atoms with E-state index in [2.05, 4.69) is 45.8 Å². The fraction of sp³-hybridized carbons (Fsp3) is 0.500. The molecule has 0 radical (unpaired) electrons. The van der Waals surface area contributed by atoms with Crippen molar-refractivity contribution in [2.24, 2.45) is 0 Å². The Morgan fingerprint density at radius 3 is 2.70 bits per heavy atom. The number of likely N-dealkylation sites (tertiary alicyclic amines) is 2. The first-order valence-corrected chi connectivity index (χ1v) is 14.6. The minimum absolute atomic E-state index is 0.0181. The third-order valence-electron chi connectivity index (χ3n) is 8.02. The lowest BCUT2D eigenvalue weighted by Crippen LogP contribution is -2.51. The molecule has 11 heteroatoms. The first-order valence-electron chi connectivity index (χ1n) is 12.8. The standard InChI is InChI=1S/C26H32N6O4S/c1-3-23(33)31-5-4-20(14-31)32-12-19(13-32)18-10-17(2)24-22(11-18)29-25-21(15-36-24)26(28-16-27-25)30-6-8-37(34,35)9-7-30/h3,10-11,16,19-20H,1,4-9,12-15H2,2H3,(H,27,28,29). The first-order chi connectivity index (χ1) is 17.8. The van der Waals surface area contributed by atoms with Crippen LogP contribution in [0.3, 0.4) is 0 Å². The Balaban J connectivity index is 1.18. The second kappa shape index (κ2) is 9.29. The van der Waals surface area contributed by atoms with E-state index in [1.165, 1.54) is 18.0 Å². The molecule has 10 nitrogen and oxygen atoms in total. The number of sulfone groups is 1. The zero-order valence-electron chi connectivity index (χ0n) is 21.0. The molecule has 196 valence electrons. The van der Waals surface area contributed by atoms with Crippen molar-refractivity contribution in [1.82, 2.24) is 19.8 Å². The second-order valence-electron chi connectivity index (χ2n) is 10.4. The zero-order valence-corrected chi connectivity index (χ0v) is 21.8. The monoisotopic (exact) mass is 524 g/mol. The Morgan fingerprint density at radius 2 is 1.95 bits per heavy atom. The van der Waals surface area contributed by atoms with Crippen molar-refractivity contribution in [1.29, 1.82) is 0 Å². The number of fused-ring (bicyclic) bond motifs is 2. The van der Waals surface area contributed by atoms with Crippen LogP contribution < -0.4 is 15.0 Å². The normalized spacial score (nSPS) is 23.2. The lowest BCUT2D eigenvalue weighted by Gasteiger charge is -2.43. The number of nitrogens with zero attached hydrogens (tertiary/aromatic N) is 5. The van der Waals surface area contributed by atoms with E-state index < -0.39 is 9.84 Å². The fourth-order valence-electron chi connectivity index (χ4n) is 5.83. The van der Waals surface area contributed by atoms with E-state index in [1.807, 2.05) is 9.80 Å². The van der Waals surface area contributed by atoms with Gasteiger partial charge in [0.1, 0.15) is 30.3 Å². The number of ether oxygens (including phenoxy) is 1. The van der Waals surface area contributed by atoms with E-state index in [0.29, 0.717) is 37.5 Å². The minimum atomic E-state index is -2.99. The number of anilines is 3. The molecule has 0 saturated carbocycles. The minimum Gasteiger partial charge on any atom is -0.486 e. The molecule has 1 amide bonds. The van der Waals surface area contributed by atoms with E-state index in [4.69, 9.17) is 4.74 Å². The van der Waals surface area contributed by atoms with E-state index in [1.54, 1.807) is 0 Å². The maximum atomic E-state index is 11.9. The van der Waals surface area contributed by atoms with Crippen molar-refractivity contribution in [2.45, 2.75) is 31.9 Å². The summed E-state index contributed by atoms with van der Waals surface area (Å²) in [6.45, 7) is 10.3. The molecular weight excluding hydrogens is 492 g/mol. The summed E-state index contributed by atoms with van der Waals surface area (Å²) < 4.78 is 30.1. The Labute approximate surface area is 217 Å². The summed E-state index contributed by atoms with van der Waals surface area (Å²) in [5.74, 6) is 2.93. The Kier molecular flexibility index (Phi) is 6.07. The van der Waals surface area contributed by atoms with Crippen LogP contribution >= 0.6 is 0 Å². The van der Waals surface area contributed by atoms with E-state index >= 15 is 0 Å². The predicted octanol–water partition coefficient (Wildman–Crippen LogP) is 1.84. The highest BCUT2D eigenvalue weighted by Crippen LogP contribution is 2.42. The van der Waals surface area contributed by atoms with Gasteiger partial charge in [-0.1, -0.05) is 12.6 Å². The van der Waals surface area contributed by atoms with Crippen LogP contribution in [0, 0.1) is 6.92 Å². The summed E-state index contributed by atoms with van der Waals surface area (Å²) in [5.41, 5.74) is 4.06. The van der Waals surface area contributed by atoms with Crippen LogP contribution in [0.1, 0.15) is 29.0 Å². The van der Waals surface area contributed by atoms with Gasteiger partial charge in [0.25, 0.3) is 0 Å². The largest absolute Gasteiger partial charge is 0.486 e. The van der Waals surface area contributed by atoms with Gasteiger partial charge in [-0.15, -0.1) is 0 Å². The average molecular weight is 525 g/mol. The SMILES string of the molecule is C=CC(=O)N1CCC(N2CC(c3cc(C)c4c(c3)Nc3ncnc(N5CCS(=O)(=O)CC5)c3CO4)C2)C1. The molecule has 0 bridgehead atoms. The molecule has 37 heavy (non-hydrogen) atoms. The Hall–Kier alpha value is -3.18. The van der Waals surface area contributed by atoms with Crippen molar-refractivity contribution >= 4 is 33.1 Å². The van der Waals surface area contributed by atoms with E-state index in [-0.39, 0.29) is 17.4 Å². The van der Waals surface area contributed by atoms with E-state index in [9.17, 15) is 13.2 Å². The maximum absolute atomic E-state index is 11.9. The number of carbonyl (C=O) groups excluding carboxylic acids is 1. The summed E-state index contributed by atoms with van der Waals surface area (Å²) in [5, 5.41) is 3.49. The quantitative estimate of drug-likeness (QED) is 0.600. The molecule has 1 N–H and O–H groups in total. The molecule has 1 aromatic carbocycles. The van der Waals surface area contributed by atoms with Gasteiger partial charge in [0, 0.05) is 51.2 Å². The molecule has 0 spiro atoms. The van der Waals surface area contributed by atoms with Crippen LogP contribution in [0.15, 0.2) is 31.1 Å². The molecule has 1 atom stereocenters. The lowest BCUT2D eigenvalue weighted by atomic mass is 9.88. The van der Waals surface area contributed by atoms with Crippen LogP contribution in [0.25, 0.3) is 0 Å². The van der Waals surface area contributed by atoms with Gasteiger partial charge >= 0.3 is 0 Å². The number of benzene rings is 1. The smallest absolute Gasteiger partial charge is 0.246 e. The van der Waals surface area contributed by atoms with Crippen LogP contribution in [0.2, 0.25) is 0 Å². The molecule has 1 unspecified atom stereocenters. The van der Waals surface area contributed by atoms with Gasteiger partial charge in [0.05, 0.1) is 22.8 Å². The van der Waals surface area contributed by atoms with Crippen molar-refractivity contribution < 1.29 is 17.9 Å². The molecule has 6 rings (SSSR count). The van der Waals surface area contributed by atoms with Gasteiger partial charge in [-0.2, -0.15) is 0 Å². The topological polar surface area (TPSA) is 108 Å². The number of hydrogen-bond donors (Lipinski definition) is 1. The highest BCUT2D eigenvalue weighted by Gasteiger charge is 2.38. The Bertz CT molecular complexity index is 1340. The van der Waals surface area contributed by atoms with Crippen LogP contribution in [-0.4, -0.2) is 90.9 Å². The Morgan fingerprint density at radius 1 is 1.16 bits per heavy atom. The number of amides is 1. The number of aryl methyl sites for hydroxylation is 1. The maximum Gasteiger partial charge on any atom is 0.246 e. The zero-order chi connectivity index (χ0) is 25.7. The van der Waals surface area contributed by atoms with Gasteiger partial charge in [-0.05, 0) is 36.6 Å². The third-order valence-corrected chi connectivity index (χ3v) is 9.63. The molecule has 2 aromatic rings. The summed E-state index contributed by atoms with van der Waals surface area (Å²) in [6, 6.07) is 4.79. The molecular formula is C26H32N6O4S. The molecule has 4 aliphatic rings. The summed E-state index contributed by atoms with van der Waals surface area (Å²) >= 11 is 0. The predicted molar refractivity (Wildman–Crippen MR) is 141 cm³/mol. The van der Waals surface area contributed by atoms with Crippen molar-refractivity contribution in [3.8, 4) is 5.75 Å². The summed E-state index contributed by atoms with van der Waals surface area (Å²) in [6.07, 6.45) is 3.93. The number of hydrogen-bond acceptors (Lipinski definition) is 9. The molecule has 3 saturated heterocycles. The van der Waals surface area contributed by atoms with Gasteiger partial charge in [-0.3, -0.25) is 9.69 Å². The molecule has 1 aromatic heterocycles. The molecule has 4 aliphatic heterocycles. The molecule has 0 aliphatic carbocycles. The van der Waals surface area contributed by atoms with E-state index in [0.717, 1.165) is 61.0 Å². The summed E-state index contributed by atoms with van der Waals surface area (Å²) in [4.78, 5) is 27.3. The van der Waals surface area contributed by atoms with Crippen molar-refractivity contribution in [3.05, 3.63) is 47.8 Å². The van der Waals surface area contributed by atoms with Crippen LogP contribution in [-0.2, 0) is 21.2 Å². The summed E-state index contributed by atoms with van der Waals surface area (Å²) in [7, 11) is -2.99. The van der Waals surface area contributed by atoms with Crippen LogP contribution in [0.5, 0.6) is 5.75 Å². The van der Waals surface area contributed by atoms with Gasteiger partial charge in [0.2, 0.25) is 5.91 Å². The van der Waals surface area contributed by atoms with Gasteiger partial charge in [0.15, 0.2) is 9.84 Å². The van der Waals surface area contributed by atoms with Crippen LogP contribution in [0.4, 0.5) is 17.3 Å². The first kappa shape index (κ1) is 24.2. The number of carbonyl (C=O) groups is 1. The fourth-order valence-corrected chi connectivity index (χ4v) is 7.03.